The Hall–Kier alpha value is -2.80. The van der Waals surface area contributed by atoms with Gasteiger partial charge in [0.15, 0.2) is 0 Å². The highest BCUT2D eigenvalue weighted by Gasteiger charge is 2.19. The van der Waals surface area contributed by atoms with Gasteiger partial charge in [0, 0.05) is 11.3 Å². The van der Waals surface area contributed by atoms with Gasteiger partial charge in [-0.05, 0) is 69.2 Å². The molecule has 0 aromatic heterocycles. The van der Waals surface area contributed by atoms with Gasteiger partial charge >= 0.3 is 0 Å². The van der Waals surface area contributed by atoms with Crippen LogP contribution in [0.5, 0.6) is 5.75 Å². The van der Waals surface area contributed by atoms with Crippen LogP contribution in [0.3, 0.4) is 0 Å². The lowest BCUT2D eigenvalue weighted by Crippen LogP contribution is -2.15. The molecule has 0 fully saturated rings. The average Bonchev–Trinajstić information content (AvgIpc) is 2.57. The number of nitrogens with zero attached hydrogens (tertiary/aromatic N) is 1. The number of nitriles is 1. The molecule has 4 nitrogen and oxygen atoms in total. The zero-order chi connectivity index (χ0) is 17.7. The second kappa shape index (κ2) is 7.18. The Kier molecular flexibility index (Phi) is 5.25. The Balaban J connectivity index is 2.13. The second-order valence-corrected chi connectivity index (χ2v) is 6.18. The van der Waals surface area contributed by atoms with Crippen molar-refractivity contribution >= 4 is 11.6 Å². The van der Waals surface area contributed by atoms with Gasteiger partial charge in [0.25, 0.3) is 5.91 Å². The highest BCUT2D eigenvalue weighted by molar-refractivity contribution is 6.04. The van der Waals surface area contributed by atoms with Crippen molar-refractivity contribution in [2.45, 2.75) is 33.1 Å². The Morgan fingerprint density at radius 1 is 1.21 bits per heavy atom. The van der Waals surface area contributed by atoms with Gasteiger partial charge in [-0.2, -0.15) is 5.26 Å². The lowest BCUT2D eigenvalue weighted by molar-refractivity contribution is 0.102. The van der Waals surface area contributed by atoms with Crippen molar-refractivity contribution in [1.82, 2.24) is 0 Å². The minimum atomic E-state index is -0.547. The summed E-state index contributed by atoms with van der Waals surface area (Å²) in [6.07, 6.45) is 0. The SMILES string of the molecule is CCOc1ccc(C(=O)Nc2ccc(C(C)(C)C#N)cc2)cc1C. The van der Waals surface area contributed by atoms with E-state index >= 15 is 0 Å². The molecule has 1 amide bonds. The fraction of sp³-hybridized carbons (Fsp3) is 0.300. The molecule has 2 aromatic carbocycles. The summed E-state index contributed by atoms with van der Waals surface area (Å²) in [4.78, 5) is 12.4. The van der Waals surface area contributed by atoms with E-state index in [0.29, 0.717) is 17.9 Å². The third kappa shape index (κ3) is 3.94. The van der Waals surface area contributed by atoms with Crippen molar-refractivity contribution < 1.29 is 9.53 Å². The molecular formula is C20H22N2O2. The van der Waals surface area contributed by atoms with Crippen LogP contribution in [0.4, 0.5) is 5.69 Å². The number of carbonyl (C=O) groups is 1. The minimum absolute atomic E-state index is 0.173. The van der Waals surface area contributed by atoms with Gasteiger partial charge < -0.3 is 10.1 Å². The van der Waals surface area contributed by atoms with Crippen molar-refractivity contribution in [1.29, 1.82) is 5.26 Å². The molecule has 2 rings (SSSR count). The Labute approximate surface area is 143 Å². The molecule has 0 radical (unpaired) electrons. The van der Waals surface area contributed by atoms with E-state index in [1.165, 1.54) is 0 Å². The van der Waals surface area contributed by atoms with E-state index in [1.54, 1.807) is 6.07 Å². The van der Waals surface area contributed by atoms with Crippen LogP contribution in [0.1, 0.15) is 42.3 Å². The zero-order valence-corrected chi connectivity index (χ0v) is 14.5. The summed E-state index contributed by atoms with van der Waals surface area (Å²) < 4.78 is 5.49. The maximum absolute atomic E-state index is 12.4. The number of hydrogen-bond acceptors (Lipinski definition) is 3. The molecule has 2 aromatic rings. The molecule has 24 heavy (non-hydrogen) atoms. The molecule has 124 valence electrons. The van der Waals surface area contributed by atoms with E-state index in [0.717, 1.165) is 16.9 Å². The van der Waals surface area contributed by atoms with E-state index in [2.05, 4.69) is 11.4 Å². The maximum Gasteiger partial charge on any atom is 0.255 e. The van der Waals surface area contributed by atoms with Crippen LogP contribution in [0.15, 0.2) is 42.5 Å². The van der Waals surface area contributed by atoms with Crippen LogP contribution in [0, 0.1) is 18.3 Å². The number of hydrogen-bond donors (Lipinski definition) is 1. The second-order valence-electron chi connectivity index (χ2n) is 6.18. The monoisotopic (exact) mass is 322 g/mol. The standard InChI is InChI=1S/C20H22N2O2/c1-5-24-18-11-6-15(12-14(18)2)19(23)22-17-9-7-16(8-10-17)20(3,4)13-21/h6-12H,5H2,1-4H3,(H,22,23). The average molecular weight is 322 g/mol. The topological polar surface area (TPSA) is 62.1 Å². The van der Waals surface area contributed by atoms with E-state index in [1.807, 2.05) is 64.1 Å². The molecule has 0 unspecified atom stereocenters. The first kappa shape index (κ1) is 17.6. The molecule has 0 saturated heterocycles. The summed E-state index contributed by atoms with van der Waals surface area (Å²) in [7, 11) is 0. The van der Waals surface area contributed by atoms with Crippen LogP contribution < -0.4 is 10.1 Å². The van der Waals surface area contributed by atoms with Gasteiger partial charge in [0.1, 0.15) is 5.75 Å². The maximum atomic E-state index is 12.4. The molecule has 4 heteroatoms. The van der Waals surface area contributed by atoms with Crippen LogP contribution in [0.2, 0.25) is 0 Å². The van der Waals surface area contributed by atoms with Crippen LogP contribution in [-0.2, 0) is 5.41 Å². The lowest BCUT2D eigenvalue weighted by Gasteiger charge is -2.16. The number of aryl methyl sites for hydroxylation is 1. The molecule has 0 aliphatic rings. The predicted molar refractivity (Wildman–Crippen MR) is 95.4 cm³/mol. The summed E-state index contributed by atoms with van der Waals surface area (Å²) in [5, 5.41) is 12.0. The smallest absolute Gasteiger partial charge is 0.255 e. The van der Waals surface area contributed by atoms with Gasteiger partial charge in [0.2, 0.25) is 0 Å². The fourth-order valence-electron chi connectivity index (χ4n) is 2.35. The first-order chi connectivity index (χ1) is 11.4. The summed E-state index contributed by atoms with van der Waals surface area (Å²) in [5.41, 5.74) is 2.58. The van der Waals surface area contributed by atoms with Crippen molar-refractivity contribution in [2.24, 2.45) is 0 Å². The molecule has 0 saturated carbocycles. The number of amides is 1. The predicted octanol–water partition coefficient (Wildman–Crippen LogP) is 4.45. The Morgan fingerprint density at radius 3 is 2.42 bits per heavy atom. The van der Waals surface area contributed by atoms with Gasteiger partial charge in [-0.3, -0.25) is 4.79 Å². The van der Waals surface area contributed by atoms with Crippen molar-refractivity contribution in [3.05, 3.63) is 59.2 Å². The zero-order valence-electron chi connectivity index (χ0n) is 14.5. The van der Waals surface area contributed by atoms with Gasteiger partial charge in [-0.25, -0.2) is 0 Å². The number of rotatable bonds is 5. The normalized spacial score (nSPS) is 10.8. The van der Waals surface area contributed by atoms with E-state index < -0.39 is 5.41 Å². The quantitative estimate of drug-likeness (QED) is 0.884. The number of ether oxygens (including phenoxy) is 1. The van der Waals surface area contributed by atoms with Crippen molar-refractivity contribution in [2.75, 3.05) is 11.9 Å². The molecule has 0 heterocycles. The first-order valence-corrected chi connectivity index (χ1v) is 7.94. The first-order valence-electron chi connectivity index (χ1n) is 7.94. The molecular weight excluding hydrogens is 300 g/mol. The lowest BCUT2D eigenvalue weighted by atomic mass is 9.86. The number of benzene rings is 2. The highest BCUT2D eigenvalue weighted by atomic mass is 16.5. The minimum Gasteiger partial charge on any atom is -0.494 e. The molecule has 1 N–H and O–H groups in total. The van der Waals surface area contributed by atoms with Gasteiger partial charge in [-0.15, -0.1) is 0 Å². The van der Waals surface area contributed by atoms with E-state index in [4.69, 9.17) is 10.00 Å². The van der Waals surface area contributed by atoms with Gasteiger partial charge in [0.05, 0.1) is 18.1 Å². The van der Waals surface area contributed by atoms with Crippen LogP contribution in [-0.4, -0.2) is 12.5 Å². The Morgan fingerprint density at radius 2 is 1.88 bits per heavy atom. The highest BCUT2D eigenvalue weighted by Crippen LogP contribution is 2.24. The summed E-state index contributed by atoms with van der Waals surface area (Å²) >= 11 is 0. The summed E-state index contributed by atoms with van der Waals surface area (Å²) in [6, 6.07) is 15.0. The van der Waals surface area contributed by atoms with Crippen molar-refractivity contribution in [3.8, 4) is 11.8 Å². The number of nitrogens with one attached hydrogen (secondary N) is 1. The van der Waals surface area contributed by atoms with Crippen LogP contribution >= 0.6 is 0 Å². The van der Waals surface area contributed by atoms with Crippen LogP contribution in [0.25, 0.3) is 0 Å². The summed E-state index contributed by atoms with van der Waals surface area (Å²) in [5.74, 6) is 0.616. The molecule has 0 bridgehead atoms. The molecule has 0 atom stereocenters. The third-order valence-corrected chi connectivity index (χ3v) is 3.88. The van der Waals surface area contributed by atoms with E-state index in [-0.39, 0.29) is 5.91 Å². The molecule has 0 spiro atoms. The van der Waals surface area contributed by atoms with Gasteiger partial charge in [-0.1, -0.05) is 12.1 Å². The third-order valence-electron chi connectivity index (χ3n) is 3.88. The molecule has 0 aliphatic carbocycles. The Bertz CT molecular complexity index is 771. The number of anilines is 1. The number of carbonyl (C=O) groups excluding carboxylic acids is 1. The van der Waals surface area contributed by atoms with E-state index in [9.17, 15) is 4.79 Å². The van der Waals surface area contributed by atoms with Crippen molar-refractivity contribution in [3.63, 3.8) is 0 Å². The summed E-state index contributed by atoms with van der Waals surface area (Å²) in [6.45, 7) is 8.17. The largest absolute Gasteiger partial charge is 0.494 e. The fourth-order valence-corrected chi connectivity index (χ4v) is 2.35. The molecule has 0 aliphatic heterocycles.